The predicted molar refractivity (Wildman–Crippen MR) is 102 cm³/mol. The fourth-order valence-electron chi connectivity index (χ4n) is 3.23. The summed E-state index contributed by atoms with van der Waals surface area (Å²) in [6, 6.07) is -0.564. The molecule has 2 rings (SSSR count). The van der Waals surface area contributed by atoms with Gasteiger partial charge in [-0.2, -0.15) is 0 Å². The number of rotatable bonds is 8. The minimum absolute atomic E-state index is 0.228. The van der Waals surface area contributed by atoms with Gasteiger partial charge < -0.3 is 18.8 Å². The number of cyclic esters (lactones) is 1. The minimum Gasteiger partial charge on any atom is -0.462 e. The first kappa shape index (κ1) is 22.0. The summed E-state index contributed by atoms with van der Waals surface area (Å²) in [4.78, 5) is 25.9. The summed E-state index contributed by atoms with van der Waals surface area (Å²) in [5, 5.41) is 0. The molecule has 8 heteroatoms. The van der Waals surface area contributed by atoms with E-state index in [9.17, 15) is 9.59 Å². The SMILES string of the molecule is CCCCOC(=O)N1CCOC(=O)[C@H]1CCCCB1OC(C)(C)C(C)(C)O1. The molecule has 2 aliphatic heterocycles. The van der Waals surface area contributed by atoms with Crippen LogP contribution in [0.4, 0.5) is 4.79 Å². The number of hydrogen-bond donors (Lipinski definition) is 0. The molecule has 1 amide bonds. The van der Waals surface area contributed by atoms with Crippen molar-refractivity contribution in [3.63, 3.8) is 0 Å². The van der Waals surface area contributed by atoms with Gasteiger partial charge in [-0.3, -0.25) is 4.90 Å². The van der Waals surface area contributed by atoms with Gasteiger partial charge in [0, 0.05) is 0 Å². The highest BCUT2D eigenvalue weighted by atomic mass is 16.7. The lowest BCUT2D eigenvalue weighted by atomic mass is 9.82. The second-order valence-electron chi connectivity index (χ2n) is 8.31. The van der Waals surface area contributed by atoms with E-state index in [1.165, 1.54) is 4.90 Å². The largest absolute Gasteiger partial charge is 0.462 e. The molecule has 2 aliphatic rings. The van der Waals surface area contributed by atoms with Gasteiger partial charge in [-0.15, -0.1) is 0 Å². The number of hydrogen-bond acceptors (Lipinski definition) is 6. The molecule has 0 bridgehead atoms. The Morgan fingerprint density at radius 2 is 1.85 bits per heavy atom. The summed E-state index contributed by atoms with van der Waals surface area (Å²) in [6.45, 7) is 11.2. The second kappa shape index (κ2) is 9.28. The number of ether oxygens (including phenoxy) is 2. The molecular weight excluding hydrogens is 349 g/mol. The standard InChI is InChI=1S/C19H34BNO6/c1-6-7-13-25-17(23)21-12-14-24-16(22)15(21)10-8-9-11-20-26-18(2,3)19(4,5)27-20/h15H,6-14H2,1-5H3/t15-/m1/s1. The Bertz CT molecular complexity index is 508. The summed E-state index contributed by atoms with van der Waals surface area (Å²) >= 11 is 0. The molecule has 0 unspecified atom stereocenters. The van der Waals surface area contributed by atoms with E-state index in [2.05, 4.69) is 0 Å². The van der Waals surface area contributed by atoms with Crippen molar-refractivity contribution in [1.29, 1.82) is 0 Å². The number of esters is 1. The molecule has 0 saturated carbocycles. The zero-order valence-corrected chi connectivity index (χ0v) is 17.4. The summed E-state index contributed by atoms with van der Waals surface area (Å²) in [5.41, 5.74) is -0.659. The maximum absolute atomic E-state index is 12.3. The molecule has 0 aliphatic carbocycles. The van der Waals surface area contributed by atoms with E-state index in [0.717, 1.165) is 32.0 Å². The van der Waals surface area contributed by atoms with Crippen molar-refractivity contribution in [2.75, 3.05) is 19.8 Å². The molecular formula is C19H34BNO6. The Balaban J connectivity index is 1.78. The molecule has 0 radical (unpaired) electrons. The zero-order valence-electron chi connectivity index (χ0n) is 17.4. The van der Waals surface area contributed by atoms with E-state index in [4.69, 9.17) is 18.8 Å². The maximum Gasteiger partial charge on any atom is 0.457 e. The van der Waals surface area contributed by atoms with E-state index in [0.29, 0.717) is 19.6 Å². The van der Waals surface area contributed by atoms with Crippen molar-refractivity contribution < 1.29 is 28.4 Å². The lowest BCUT2D eigenvalue weighted by Crippen LogP contribution is -2.51. The monoisotopic (exact) mass is 383 g/mol. The average molecular weight is 383 g/mol. The van der Waals surface area contributed by atoms with Crippen LogP contribution in [0.15, 0.2) is 0 Å². The number of carbonyl (C=O) groups excluding carboxylic acids is 2. The highest BCUT2D eigenvalue weighted by Gasteiger charge is 2.50. The Labute approximate surface area is 163 Å². The van der Waals surface area contributed by atoms with E-state index < -0.39 is 12.1 Å². The maximum atomic E-state index is 12.3. The summed E-state index contributed by atoms with van der Waals surface area (Å²) in [7, 11) is -0.233. The van der Waals surface area contributed by atoms with Crippen LogP contribution in [-0.4, -0.2) is 61.1 Å². The van der Waals surface area contributed by atoms with Gasteiger partial charge in [-0.05, 0) is 46.9 Å². The van der Waals surface area contributed by atoms with E-state index in [-0.39, 0.29) is 30.9 Å². The third-order valence-electron chi connectivity index (χ3n) is 5.65. The smallest absolute Gasteiger partial charge is 0.457 e. The zero-order chi connectivity index (χ0) is 20.1. The lowest BCUT2D eigenvalue weighted by Gasteiger charge is -2.33. The number of unbranched alkanes of at least 4 members (excludes halogenated alkanes) is 2. The van der Waals surface area contributed by atoms with E-state index >= 15 is 0 Å². The number of nitrogens with zero attached hydrogens (tertiary/aromatic N) is 1. The van der Waals surface area contributed by atoms with Gasteiger partial charge in [-0.1, -0.05) is 26.2 Å². The van der Waals surface area contributed by atoms with Crippen LogP contribution in [0.25, 0.3) is 0 Å². The van der Waals surface area contributed by atoms with E-state index in [1.54, 1.807) is 0 Å². The van der Waals surface area contributed by atoms with Crippen LogP contribution in [0.3, 0.4) is 0 Å². The molecule has 0 aromatic carbocycles. The second-order valence-corrected chi connectivity index (χ2v) is 8.31. The highest BCUT2D eigenvalue weighted by Crippen LogP contribution is 2.38. The van der Waals surface area contributed by atoms with Gasteiger partial charge in [0.25, 0.3) is 0 Å². The normalized spacial score (nSPS) is 24.0. The Kier molecular flexibility index (Phi) is 7.57. The number of carbonyl (C=O) groups is 2. The summed E-state index contributed by atoms with van der Waals surface area (Å²) in [6.07, 6.45) is 4.30. The third kappa shape index (κ3) is 5.61. The van der Waals surface area contributed by atoms with E-state index in [1.807, 2.05) is 34.6 Å². The number of amides is 1. The van der Waals surface area contributed by atoms with Crippen LogP contribution in [-0.2, 0) is 23.6 Å². The molecule has 0 spiro atoms. The van der Waals surface area contributed by atoms with Gasteiger partial charge >= 0.3 is 19.2 Å². The van der Waals surface area contributed by atoms with Gasteiger partial charge in [0.2, 0.25) is 0 Å². The molecule has 7 nitrogen and oxygen atoms in total. The van der Waals surface area contributed by atoms with Crippen molar-refractivity contribution >= 4 is 19.2 Å². The Morgan fingerprint density at radius 1 is 1.19 bits per heavy atom. The third-order valence-corrected chi connectivity index (χ3v) is 5.65. The van der Waals surface area contributed by atoms with Crippen molar-refractivity contribution in [3.05, 3.63) is 0 Å². The molecule has 154 valence electrons. The van der Waals surface area contributed by atoms with Crippen LogP contribution in [0.2, 0.25) is 6.32 Å². The molecule has 0 N–H and O–H groups in total. The topological polar surface area (TPSA) is 74.3 Å². The summed E-state index contributed by atoms with van der Waals surface area (Å²) < 4.78 is 22.4. The molecule has 0 aromatic heterocycles. The molecule has 2 fully saturated rings. The van der Waals surface area contributed by atoms with Crippen LogP contribution < -0.4 is 0 Å². The molecule has 2 saturated heterocycles. The van der Waals surface area contributed by atoms with Crippen molar-refractivity contribution in [3.8, 4) is 0 Å². The predicted octanol–water partition coefficient (Wildman–Crippen LogP) is 3.41. The van der Waals surface area contributed by atoms with Crippen molar-refractivity contribution in [2.24, 2.45) is 0 Å². The van der Waals surface area contributed by atoms with Crippen LogP contribution in [0.1, 0.15) is 66.7 Å². The fraction of sp³-hybridized carbons (Fsp3) is 0.895. The van der Waals surface area contributed by atoms with Gasteiger partial charge in [-0.25, -0.2) is 9.59 Å². The van der Waals surface area contributed by atoms with Gasteiger partial charge in [0.15, 0.2) is 0 Å². The first-order valence-electron chi connectivity index (χ1n) is 10.1. The van der Waals surface area contributed by atoms with Crippen LogP contribution in [0.5, 0.6) is 0 Å². The van der Waals surface area contributed by atoms with Crippen molar-refractivity contribution in [1.82, 2.24) is 4.90 Å². The Hall–Kier alpha value is -1.28. The minimum atomic E-state index is -0.564. The molecule has 1 atom stereocenters. The van der Waals surface area contributed by atoms with Crippen molar-refractivity contribution in [2.45, 2.75) is 90.3 Å². The fourth-order valence-corrected chi connectivity index (χ4v) is 3.23. The molecule has 2 heterocycles. The first-order valence-corrected chi connectivity index (χ1v) is 10.1. The quantitative estimate of drug-likeness (QED) is 0.363. The molecule has 27 heavy (non-hydrogen) atoms. The lowest BCUT2D eigenvalue weighted by molar-refractivity contribution is -0.156. The van der Waals surface area contributed by atoms with Crippen LogP contribution >= 0.6 is 0 Å². The molecule has 0 aromatic rings. The van der Waals surface area contributed by atoms with Crippen LogP contribution in [0, 0.1) is 0 Å². The van der Waals surface area contributed by atoms with Gasteiger partial charge in [0.05, 0.1) is 24.4 Å². The first-order chi connectivity index (χ1) is 12.7. The highest BCUT2D eigenvalue weighted by molar-refractivity contribution is 6.45. The average Bonchev–Trinajstić information content (AvgIpc) is 2.79. The van der Waals surface area contributed by atoms with Gasteiger partial charge in [0.1, 0.15) is 12.6 Å². The number of morpholine rings is 1. The summed E-state index contributed by atoms with van der Waals surface area (Å²) in [5.74, 6) is -0.343. The Morgan fingerprint density at radius 3 is 2.48 bits per heavy atom.